The second kappa shape index (κ2) is 5.75. The van der Waals surface area contributed by atoms with E-state index in [-0.39, 0.29) is 4.90 Å². The van der Waals surface area contributed by atoms with Crippen LogP contribution in [0.15, 0.2) is 29.4 Å². The average molecular weight is 337 g/mol. The van der Waals surface area contributed by atoms with Crippen LogP contribution >= 0.6 is 11.3 Å². The minimum Gasteiger partial charge on any atom is -0.211 e. The normalized spacial score (nSPS) is 12.1. The minimum absolute atomic E-state index is 0.286. The molecule has 0 saturated carbocycles. The Morgan fingerprint density at radius 1 is 1.27 bits per heavy atom. The van der Waals surface area contributed by atoms with E-state index in [4.69, 9.17) is 0 Å². The predicted octanol–water partition coefficient (Wildman–Crippen LogP) is 1.32. The lowest BCUT2D eigenvalue weighted by molar-refractivity contribution is 0.581. The monoisotopic (exact) mass is 337 g/mol. The fraction of sp³-hybridized carbons (Fsp3) is 0.308. The quantitative estimate of drug-likeness (QED) is 0.758. The molecule has 0 spiro atoms. The molecular weight excluding hydrogens is 322 g/mol. The van der Waals surface area contributed by atoms with Crippen LogP contribution in [0.3, 0.4) is 0 Å². The van der Waals surface area contributed by atoms with Crippen LogP contribution in [0.2, 0.25) is 0 Å². The number of fused-ring (bicyclic) bond motifs is 1. The number of aryl methyl sites for hydroxylation is 2. The van der Waals surface area contributed by atoms with Crippen LogP contribution < -0.4 is 4.72 Å². The molecule has 116 valence electrons. The number of nitrogens with zero attached hydrogens (tertiary/aromatic N) is 4. The predicted molar refractivity (Wildman–Crippen MR) is 83.5 cm³/mol. The largest absolute Gasteiger partial charge is 0.240 e. The molecule has 3 rings (SSSR count). The Balaban J connectivity index is 1.66. The van der Waals surface area contributed by atoms with E-state index in [9.17, 15) is 8.42 Å². The summed E-state index contributed by atoms with van der Waals surface area (Å²) < 4.78 is 28.7. The molecule has 0 atom stereocenters. The van der Waals surface area contributed by atoms with Gasteiger partial charge in [0.15, 0.2) is 0 Å². The van der Waals surface area contributed by atoms with Crippen LogP contribution in [0.1, 0.15) is 16.1 Å². The van der Waals surface area contributed by atoms with Gasteiger partial charge in [-0.1, -0.05) is 17.4 Å². The Kier molecular flexibility index (Phi) is 3.94. The van der Waals surface area contributed by atoms with Gasteiger partial charge in [0.2, 0.25) is 15.0 Å². The fourth-order valence-corrected chi connectivity index (χ4v) is 3.89. The van der Waals surface area contributed by atoms with Crippen molar-refractivity contribution >= 4 is 26.3 Å². The number of aromatic nitrogens is 4. The van der Waals surface area contributed by atoms with Gasteiger partial charge in [-0.25, -0.2) is 13.1 Å². The Morgan fingerprint density at radius 3 is 2.82 bits per heavy atom. The van der Waals surface area contributed by atoms with E-state index in [0.717, 1.165) is 16.1 Å². The molecule has 3 aromatic rings. The molecule has 9 heteroatoms. The highest BCUT2D eigenvalue weighted by Crippen LogP contribution is 2.15. The molecule has 0 bridgehead atoms. The third-order valence-corrected chi connectivity index (χ3v) is 5.78. The number of rotatable bonds is 5. The molecule has 0 amide bonds. The fourth-order valence-electron chi connectivity index (χ4n) is 1.96. The van der Waals surface area contributed by atoms with Crippen molar-refractivity contribution in [2.75, 3.05) is 6.54 Å². The maximum atomic E-state index is 12.3. The van der Waals surface area contributed by atoms with Gasteiger partial charge in [-0.05, 0) is 37.1 Å². The highest BCUT2D eigenvalue weighted by Gasteiger charge is 2.14. The van der Waals surface area contributed by atoms with E-state index < -0.39 is 10.0 Å². The van der Waals surface area contributed by atoms with Crippen molar-refractivity contribution in [3.8, 4) is 0 Å². The van der Waals surface area contributed by atoms with Crippen LogP contribution in [0.5, 0.6) is 0 Å². The zero-order chi connectivity index (χ0) is 15.7. The van der Waals surface area contributed by atoms with E-state index in [1.807, 2.05) is 19.9 Å². The Bertz CT molecular complexity index is 885. The summed E-state index contributed by atoms with van der Waals surface area (Å²) in [6, 6.07) is 5.11. The molecule has 22 heavy (non-hydrogen) atoms. The van der Waals surface area contributed by atoms with Crippen molar-refractivity contribution < 1.29 is 8.42 Å². The van der Waals surface area contributed by atoms with Crippen molar-refractivity contribution in [3.05, 3.63) is 40.7 Å². The molecule has 0 fully saturated rings. The summed E-state index contributed by atoms with van der Waals surface area (Å²) in [6.45, 7) is 4.14. The molecule has 2 heterocycles. The number of sulfonamides is 1. The maximum Gasteiger partial charge on any atom is 0.240 e. The summed E-state index contributed by atoms with van der Waals surface area (Å²) in [5.41, 5.74) is 2.02. The Morgan fingerprint density at radius 2 is 2.09 bits per heavy atom. The summed E-state index contributed by atoms with van der Waals surface area (Å²) in [7, 11) is -3.49. The number of hydrogen-bond donors (Lipinski definition) is 1. The molecule has 0 radical (unpaired) electrons. The van der Waals surface area contributed by atoms with Crippen LogP contribution in [0.25, 0.3) is 4.96 Å². The van der Waals surface area contributed by atoms with Crippen molar-refractivity contribution in [3.63, 3.8) is 0 Å². The van der Waals surface area contributed by atoms with Crippen molar-refractivity contribution in [2.24, 2.45) is 0 Å². The van der Waals surface area contributed by atoms with E-state index in [1.54, 1.807) is 16.6 Å². The lowest BCUT2D eigenvalue weighted by atomic mass is 10.1. The molecule has 1 aromatic carbocycles. The topological polar surface area (TPSA) is 89.2 Å². The first-order chi connectivity index (χ1) is 10.5. The van der Waals surface area contributed by atoms with E-state index >= 15 is 0 Å². The average Bonchev–Trinajstić information content (AvgIpc) is 3.02. The molecule has 0 aliphatic rings. The van der Waals surface area contributed by atoms with E-state index in [2.05, 4.69) is 20.0 Å². The van der Waals surface area contributed by atoms with Gasteiger partial charge in [-0.2, -0.15) is 9.61 Å². The molecule has 0 unspecified atom stereocenters. The van der Waals surface area contributed by atoms with Crippen molar-refractivity contribution in [1.82, 2.24) is 24.5 Å². The highest BCUT2D eigenvalue weighted by atomic mass is 32.2. The first kappa shape index (κ1) is 15.1. The number of hydrogen-bond acceptors (Lipinski definition) is 6. The lowest BCUT2D eigenvalue weighted by Crippen LogP contribution is -2.26. The summed E-state index contributed by atoms with van der Waals surface area (Å²) in [4.78, 5) is 0.987. The summed E-state index contributed by atoms with van der Waals surface area (Å²) in [5, 5.41) is 12.7. The smallest absolute Gasteiger partial charge is 0.211 e. The van der Waals surface area contributed by atoms with Crippen LogP contribution in [-0.2, 0) is 16.4 Å². The lowest BCUT2D eigenvalue weighted by Gasteiger charge is -2.08. The first-order valence-corrected chi connectivity index (χ1v) is 8.98. The molecule has 0 saturated heterocycles. The zero-order valence-corrected chi connectivity index (χ0v) is 13.8. The molecule has 7 nitrogen and oxygen atoms in total. The van der Waals surface area contributed by atoms with Gasteiger partial charge in [-0.15, -0.1) is 10.2 Å². The van der Waals surface area contributed by atoms with Crippen molar-refractivity contribution in [1.29, 1.82) is 0 Å². The molecule has 2 aromatic heterocycles. The second-order valence-corrected chi connectivity index (χ2v) is 7.76. The van der Waals surface area contributed by atoms with Gasteiger partial charge in [0.25, 0.3) is 0 Å². The molecular formula is C13H15N5O2S2. The Labute approximate surface area is 132 Å². The standard InChI is InChI=1S/C13H15N5O2S2/c1-9-3-4-11(7-10(9)2)22(19,20)15-6-5-12-17-18-8-14-16-13(18)21-12/h3-4,7-8,15H,5-6H2,1-2H3. The van der Waals surface area contributed by atoms with Gasteiger partial charge in [0.05, 0.1) is 4.90 Å². The third kappa shape index (κ3) is 3.01. The number of nitrogens with one attached hydrogen (secondary N) is 1. The Hall–Kier alpha value is -1.84. The van der Waals surface area contributed by atoms with Crippen LogP contribution in [-0.4, -0.2) is 34.8 Å². The van der Waals surface area contributed by atoms with Gasteiger partial charge in [-0.3, -0.25) is 0 Å². The maximum absolute atomic E-state index is 12.3. The third-order valence-electron chi connectivity index (χ3n) is 3.35. The molecule has 1 N–H and O–H groups in total. The van der Waals surface area contributed by atoms with Gasteiger partial charge >= 0.3 is 0 Å². The first-order valence-electron chi connectivity index (χ1n) is 6.68. The van der Waals surface area contributed by atoms with Crippen molar-refractivity contribution in [2.45, 2.75) is 25.2 Å². The zero-order valence-electron chi connectivity index (χ0n) is 12.1. The van der Waals surface area contributed by atoms with Crippen LogP contribution in [0, 0.1) is 13.8 Å². The van der Waals surface area contributed by atoms with Gasteiger partial charge < -0.3 is 0 Å². The van der Waals surface area contributed by atoms with Crippen LogP contribution in [0.4, 0.5) is 0 Å². The molecule has 0 aliphatic carbocycles. The summed E-state index contributed by atoms with van der Waals surface area (Å²) >= 11 is 1.40. The van der Waals surface area contributed by atoms with E-state index in [1.165, 1.54) is 17.7 Å². The SMILES string of the molecule is Cc1ccc(S(=O)(=O)NCCc2nn3cnnc3s2)cc1C. The number of benzene rings is 1. The summed E-state index contributed by atoms with van der Waals surface area (Å²) in [5.74, 6) is 0. The van der Waals surface area contributed by atoms with Gasteiger partial charge in [0.1, 0.15) is 11.3 Å². The van der Waals surface area contributed by atoms with Gasteiger partial charge in [0, 0.05) is 13.0 Å². The highest BCUT2D eigenvalue weighted by molar-refractivity contribution is 7.89. The second-order valence-electron chi connectivity index (χ2n) is 4.95. The van der Waals surface area contributed by atoms with E-state index in [0.29, 0.717) is 17.9 Å². The summed E-state index contributed by atoms with van der Waals surface area (Å²) in [6.07, 6.45) is 2.03. The minimum atomic E-state index is -3.49. The molecule has 0 aliphatic heterocycles.